The average molecular weight is 1730 g/mol. The molecule has 0 bridgehead atoms. The minimum Gasteiger partial charge on any atom is -0.478 e. The number of benzene rings is 8. The molecule has 4 heterocycles. The van der Waals surface area contributed by atoms with Crippen molar-refractivity contribution < 1.29 is 73.8 Å². The summed E-state index contributed by atoms with van der Waals surface area (Å²) in [6, 6.07) is 66.8. The predicted octanol–water partition coefficient (Wildman–Crippen LogP) is 19.9. The van der Waals surface area contributed by atoms with Crippen LogP contribution in [0.5, 0.6) is 46.5 Å². The third-order valence-electron chi connectivity index (χ3n) is 16.5. The van der Waals surface area contributed by atoms with Crippen LogP contribution >= 0.6 is 12.4 Å². The topological polar surface area (TPSA) is 368 Å². The van der Waals surface area contributed by atoms with Gasteiger partial charge in [0, 0.05) is 145 Å². The number of aromatic carboxylic acids is 1. The number of aryl methyl sites for hydroxylation is 4. The van der Waals surface area contributed by atoms with Gasteiger partial charge in [0.05, 0.1) is 5.56 Å². The minimum atomic E-state index is -3.66. The molecule has 0 unspecified atom stereocenters. The fraction of sp³-hybridized carbons (Fsp3) is 0.184. The maximum absolute atomic E-state index is 13.9. The van der Waals surface area contributed by atoms with Crippen LogP contribution in [0.25, 0.3) is 0 Å². The Hall–Kier alpha value is -15.5. The summed E-state index contributed by atoms with van der Waals surface area (Å²) >= 11 is 0. The number of ether oxygens (including phenoxy) is 6. The van der Waals surface area contributed by atoms with Crippen LogP contribution in [-0.4, -0.2) is 72.1 Å². The highest BCUT2D eigenvalue weighted by atomic mass is 35.5. The first-order valence-corrected chi connectivity index (χ1v) is 38.6. The fourth-order valence-corrected chi connectivity index (χ4v) is 11.1. The number of anilines is 4. The largest absolute Gasteiger partial charge is 0.478 e. The summed E-state index contributed by atoms with van der Waals surface area (Å²) in [5.41, 5.74) is 27.0. The number of nitrogens with two attached hydrogens (primary N) is 3. The molecule has 8 aromatic carbocycles. The van der Waals surface area contributed by atoms with Crippen molar-refractivity contribution in [1.29, 1.82) is 0 Å². The third kappa shape index (κ3) is 33.9. The van der Waals surface area contributed by atoms with Crippen LogP contribution in [0.3, 0.4) is 0 Å². The lowest BCUT2D eigenvalue weighted by atomic mass is 10.1. The Morgan fingerprint density at radius 3 is 1.03 bits per heavy atom. The highest BCUT2D eigenvalue weighted by Crippen LogP contribution is 2.32. The number of hydrogen-bond donors (Lipinski definition) is 9. The van der Waals surface area contributed by atoms with Crippen molar-refractivity contribution in [3.63, 3.8) is 0 Å². The number of carbonyl (C=O) groups excluding carboxylic acids is 5. The Bertz CT molecular complexity index is 6050. The normalized spacial score (nSPS) is 10.7. The molecule has 5 amide bonds. The van der Waals surface area contributed by atoms with Gasteiger partial charge < -0.3 is 77.3 Å². The fourth-order valence-electron chi connectivity index (χ4n) is 11.1. The molecule has 28 heteroatoms. The quantitative estimate of drug-likeness (QED) is 0.0225. The summed E-state index contributed by atoms with van der Waals surface area (Å²) in [7, 11) is 0. The van der Waals surface area contributed by atoms with E-state index in [9.17, 15) is 37.5 Å². The number of alkyl carbamates (subject to hydrolysis) is 2. The summed E-state index contributed by atoms with van der Waals surface area (Å²) < 4.78 is 75.5. The van der Waals surface area contributed by atoms with E-state index >= 15 is 0 Å². The van der Waals surface area contributed by atoms with Crippen LogP contribution in [0.4, 0.5) is 41.1 Å². The van der Waals surface area contributed by atoms with Crippen LogP contribution < -0.4 is 62.7 Å². The second-order valence-corrected chi connectivity index (χ2v) is 29.6. The minimum absolute atomic E-state index is 0. The van der Waals surface area contributed by atoms with Gasteiger partial charge in [0.2, 0.25) is 23.5 Å². The molecule has 0 saturated carbocycles. The van der Waals surface area contributed by atoms with Crippen LogP contribution in [0.15, 0.2) is 243 Å². The summed E-state index contributed by atoms with van der Waals surface area (Å²) in [6.07, 6.45) is 14.9. The first kappa shape index (κ1) is 94.4. The Morgan fingerprint density at radius 2 is 0.714 bits per heavy atom. The second-order valence-electron chi connectivity index (χ2n) is 29.6. The Kier molecular flexibility index (Phi) is 34.8. The molecule has 4 aromatic heterocycles. The molecule has 648 valence electrons. The molecule has 12 N–H and O–H groups in total. The molecule has 25 nitrogen and oxygen atoms in total. The smallest absolute Gasteiger partial charge is 0.407 e. The predicted molar refractivity (Wildman–Crippen MR) is 486 cm³/mol. The Morgan fingerprint density at radius 1 is 0.413 bits per heavy atom. The zero-order valence-corrected chi connectivity index (χ0v) is 71.6. The number of carbonyl (C=O) groups is 6. The molecule has 0 saturated heterocycles. The molecular weight excluding hydrogens is 1630 g/mol. The summed E-state index contributed by atoms with van der Waals surface area (Å²) in [5, 5.41) is 22.6. The molecule has 0 aliphatic rings. The third-order valence-corrected chi connectivity index (χ3v) is 16.5. The summed E-state index contributed by atoms with van der Waals surface area (Å²) in [6.45, 7) is 17.0. The van der Waals surface area contributed by atoms with Crippen LogP contribution in [0.2, 0.25) is 0 Å². The molecule has 0 spiro atoms. The van der Waals surface area contributed by atoms with Gasteiger partial charge in [-0.05, 0) is 255 Å². The van der Waals surface area contributed by atoms with Gasteiger partial charge in [-0.3, -0.25) is 14.4 Å². The molecular formula is C98H97ClF2N12O13. The highest BCUT2D eigenvalue weighted by molar-refractivity contribution is 6.06. The molecule has 0 aliphatic carbocycles. The van der Waals surface area contributed by atoms with E-state index in [4.69, 9.17) is 72.7 Å². The number of halogens is 3. The number of rotatable bonds is 22. The van der Waals surface area contributed by atoms with Gasteiger partial charge >= 0.3 is 18.2 Å². The van der Waals surface area contributed by atoms with Crippen LogP contribution in [0.1, 0.15) is 160 Å². The van der Waals surface area contributed by atoms with Crippen molar-refractivity contribution in [1.82, 2.24) is 30.6 Å². The van der Waals surface area contributed by atoms with E-state index < -0.39 is 53.6 Å². The number of pyridine rings is 4. The first-order valence-electron chi connectivity index (χ1n) is 39.8. The molecule has 126 heavy (non-hydrogen) atoms. The second kappa shape index (κ2) is 46.5. The highest BCUT2D eigenvalue weighted by Gasteiger charge is 2.25. The number of aromatic nitrogens is 4. The van der Waals surface area contributed by atoms with Crippen molar-refractivity contribution in [3.05, 3.63) is 332 Å². The van der Waals surface area contributed by atoms with Crippen LogP contribution in [-0.2, 0) is 41.6 Å². The number of terminal acetylenes is 3. The SMILES string of the molecule is C#Cc1cccc(N)c1.C#Cc1cccc(NC(=O)c2cccc(Oc3cc(CN)cc(C)n3)c2)c1.C#Cc1cccc(NC(=O)c2cccc(Oc3cc(CNC(=O)OC(C)(C)C)cc(C)n3)c2)c1.Cc1cc(CNC(=O)OC(C)(C)C)cc(Oc2cccc(C(=O)O)c2)n1.Cl.[3H]C([3H])C(F)(F)c1cccc(NC(=O)c2cccc(Oc3cc(CN)cc(C)n3)c2)c1. The maximum atomic E-state index is 13.9. The summed E-state index contributed by atoms with van der Waals surface area (Å²) in [5.74, 6) is 4.96. The van der Waals surface area contributed by atoms with Crippen molar-refractivity contribution >= 4 is 71.0 Å². The number of amides is 5. The van der Waals surface area contributed by atoms with E-state index in [-0.39, 0.29) is 54.1 Å². The van der Waals surface area contributed by atoms with Crippen LogP contribution in [0, 0.1) is 64.7 Å². The molecule has 0 atom stereocenters. The zero-order chi connectivity index (χ0) is 92.5. The van der Waals surface area contributed by atoms with Gasteiger partial charge in [0.15, 0.2) is 0 Å². The standard InChI is InChI=1S/C27H27N3O4.C22H21F2N3O2.C22H19N3O2.C19H22N2O5.C8H7N.ClH/c1-6-19-9-7-11-22(14-19)30-25(31)21-10-8-12-23(16-21)33-24-15-20(13-18(2)29-24)17-28-26(32)34-27(3,4)5;1-14-9-15(13-25)10-20(26-14)29-19-8-3-5-16(11-19)21(28)27-18-7-4-6-17(12-18)22(2,23)24;1-3-16-6-4-8-19(11-16)25-22(26)18-7-5-9-20(13-18)27-21-12-17(14-23)10-15(2)24-21;1-12-8-13(11-20-18(24)26-19(2,3)4)9-16(21-12)25-15-7-5-6-14(10-15)17(22)23;1-2-7-4-3-5-8(9)6-7;/h1,7-16H,17H2,2-5H3,(H,28,32)(H,30,31);3-12H,13,25H2,1-2H3,(H,27,28);1,4-13H,14,23H2,2H3,(H,25,26);5-10H,11H2,1-4H3,(H,20,24)(H,22,23);1,3-6H,9H2;1H/i;2T2;;;;. The monoisotopic (exact) mass is 1730 g/mol. The number of carboxylic acid groups (broad SMARTS) is 1. The van der Waals surface area contributed by atoms with Gasteiger partial charge in [-0.1, -0.05) is 72.4 Å². The molecule has 12 rings (SSSR count). The summed E-state index contributed by atoms with van der Waals surface area (Å²) in [4.78, 5) is 89.8. The van der Waals surface area contributed by atoms with Gasteiger partial charge in [-0.2, -0.15) is 0 Å². The van der Waals surface area contributed by atoms with E-state index in [0.29, 0.717) is 105 Å². The van der Waals surface area contributed by atoms with E-state index in [1.54, 1.807) is 212 Å². The lowest BCUT2D eigenvalue weighted by molar-refractivity contribution is 0.0174. The van der Waals surface area contributed by atoms with E-state index in [1.165, 1.54) is 30.3 Å². The van der Waals surface area contributed by atoms with Crippen molar-refractivity contribution in [2.45, 2.75) is 119 Å². The van der Waals surface area contributed by atoms with E-state index in [0.717, 1.165) is 57.0 Å². The average Bonchev–Trinajstić information content (AvgIpc) is 0.813. The first-order chi connectivity index (χ1) is 60.3. The Balaban J connectivity index is 0.000000226. The maximum Gasteiger partial charge on any atom is 0.407 e. The van der Waals surface area contributed by atoms with Crippen molar-refractivity contribution in [2.24, 2.45) is 11.5 Å². The van der Waals surface area contributed by atoms with Gasteiger partial charge in [-0.25, -0.2) is 43.1 Å². The van der Waals surface area contributed by atoms with E-state index in [1.807, 2.05) is 57.2 Å². The number of nitrogens with one attached hydrogen (secondary N) is 5. The molecule has 0 fully saturated rings. The van der Waals surface area contributed by atoms with Crippen molar-refractivity contribution in [3.8, 4) is 83.5 Å². The van der Waals surface area contributed by atoms with Gasteiger partial charge in [0.25, 0.3) is 23.6 Å². The lowest BCUT2D eigenvalue weighted by Crippen LogP contribution is -2.32. The number of nitrogens with zero attached hydrogens (tertiary/aromatic N) is 4. The number of alkyl halides is 2. The Labute approximate surface area is 739 Å². The number of carboxylic acids is 1. The molecule has 0 radical (unpaired) electrons. The van der Waals surface area contributed by atoms with Crippen molar-refractivity contribution in [2.75, 3.05) is 21.7 Å². The van der Waals surface area contributed by atoms with Gasteiger partial charge in [0.1, 0.15) is 34.2 Å². The number of hydrogen-bond acceptors (Lipinski definition) is 19. The lowest BCUT2D eigenvalue weighted by Gasteiger charge is -2.19. The number of nitrogen functional groups attached to an aromatic ring is 1. The molecule has 0 aliphatic heterocycles. The van der Waals surface area contributed by atoms with E-state index in [2.05, 4.69) is 64.3 Å². The zero-order valence-electron chi connectivity index (χ0n) is 72.8. The van der Waals surface area contributed by atoms with Gasteiger partial charge in [-0.15, -0.1) is 31.7 Å². The molecule has 12 aromatic rings.